The van der Waals surface area contributed by atoms with Crippen LogP contribution >= 0.6 is 11.6 Å². The lowest BCUT2D eigenvalue weighted by molar-refractivity contribution is -0.0794. The molecule has 0 atom stereocenters. The van der Waals surface area contributed by atoms with Crippen LogP contribution in [0.25, 0.3) is 11.3 Å². The molecule has 7 nitrogen and oxygen atoms in total. The molecule has 0 unspecified atom stereocenters. The lowest BCUT2D eigenvalue weighted by Gasteiger charge is -2.35. The standard InChI is InChI=1S/C14H11ClF2N6O/c15-7-2-1-3-8(4-7)18-10-11(19-9-5-14(16,17)6-9)21-13-12(20-10)22-24-23-13/h1-4,9H,5-6H2,(H,18,20,22)(H,19,21,23). The lowest BCUT2D eigenvalue weighted by Crippen LogP contribution is -2.44. The Morgan fingerprint density at radius 3 is 2.50 bits per heavy atom. The van der Waals surface area contributed by atoms with Crippen LogP contribution < -0.4 is 10.6 Å². The van der Waals surface area contributed by atoms with Gasteiger partial charge in [0.15, 0.2) is 11.6 Å². The summed E-state index contributed by atoms with van der Waals surface area (Å²) in [5, 5.41) is 13.8. The van der Waals surface area contributed by atoms with Crippen molar-refractivity contribution in [1.29, 1.82) is 0 Å². The molecular formula is C14H11ClF2N6O. The maximum Gasteiger partial charge on any atom is 0.252 e. The van der Waals surface area contributed by atoms with Gasteiger partial charge in [0.25, 0.3) is 5.92 Å². The van der Waals surface area contributed by atoms with Crippen molar-refractivity contribution in [1.82, 2.24) is 20.3 Å². The zero-order valence-corrected chi connectivity index (χ0v) is 12.9. The van der Waals surface area contributed by atoms with Crippen molar-refractivity contribution in [3.8, 4) is 0 Å². The number of nitrogens with zero attached hydrogens (tertiary/aromatic N) is 4. The summed E-state index contributed by atoms with van der Waals surface area (Å²) in [5.41, 5.74) is 1.08. The summed E-state index contributed by atoms with van der Waals surface area (Å²) in [6, 6.07) is 6.62. The molecule has 1 aromatic carbocycles. The van der Waals surface area contributed by atoms with E-state index in [0.717, 1.165) is 0 Å². The summed E-state index contributed by atoms with van der Waals surface area (Å²) in [7, 11) is 0. The van der Waals surface area contributed by atoms with Crippen LogP contribution in [0, 0.1) is 0 Å². The largest absolute Gasteiger partial charge is 0.364 e. The van der Waals surface area contributed by atoms with E-state index >= 15 is 0 Å². The molecule has 4 rings (SSSR count). The molecule has 1 fully saturated rings. The third kappa shape index (κ3) is 2.94. The van der Waals surface area contributed by atoms with Crippen molar-refractivity contribution >= 4 is 40.2 Å². The van der Waals surface area contributed by atoms with Crippen LogP contribution in [0.3, 0.4) is 0 Å². The molecule has 0 amide bonds. The second-order valence-corrected chi connectivity index (χ2v) is 6.01. The fourth-order valence-electron chi connectivity index (χ4n) is 2.49. The van der Waals surface area contributed by atoms with Crippen LogP contribution in [0.4, 0.5) is 26.1 Å². The summed E-state index contributed by atoms with van der Waals surface area (Å²) in [6.45, 7) is 0. The van der Waals surface area contributed by atoms with Crippen molar-refractivity contribution in [2.75, 3.05) is 10.6 Å². The minimum Gasteiger partial charge on any atom is -0.364 e. The van der Waals surface area contributed by atoms with Crippen molar-refractivity contribution in [3.63, 3.8) is 0 Å². The molecule has 0 bridgehead atoms. The molecule has 2 aromatic heterocycles. The van der Waals surface area contributed by atoms with Gasteiger partial charge in [0, 0.05) is 29.6 Å². The van der Waals surface area contributed by atoms with Gasteiger partial charge in [-0.2, -0.15) is 0 Å². The molecule has 2 N–H and O–H groups in total. The fourth-order valence-corrected chi connectivity index (χ4v) is 2.68. The second-order valence-electron chi connectivity index (χ2n) is 5.57. The molecular weight excluding hydrogens is 342 g/mol. The van der Waals surface area contributed by atoms with E-state index in [9.17, 15) is 8.78 Å². The predicted octanol–water partition coefficient (Wildman–Crippen LogP) is 3.62. The minimum absolute atomic E-state index is 0.195. The monoisotopic (exact) mass is 352 g/mol. The topological polar surface area (TPSA) is 88.8 Å². The Morgan fingerprint density at radius 1 is 1.12 bits per heavy atom. The van der Waals surface area contributed by atoms with Crippen LogP contribution in [0.2, 0.25) is 5.02 Å². The summed E-state index contributed by atoms with van der Waals surface area (Å²) < 4.78 is 30.7. The van der Waals surface area contributed by atoms with E-state index in [0.29, 0.717) is 22.3 Å². The first kappa shape index (κ1) is 15.0. The van der Waals surface area contributed by atoms with Gasteiger partial charge >= 0.3 is 0 Å². The van der Waals surface area contributed by atoms with Gasteiger partial charge in [-0.15, -0.1) is 0 Å². The Labute approximate surface area is 139 Å². The minimum atomic E-state index is -2.63. The van der Waals surface area contributed by atoms with Crippen molar-refractivity contribution < 1.29 is 13.4 Å². The number of hydrogen-bond acceptors (Lipinski definition) is 7. The van der Waals surface area contributed by atoms with Gasteiger partial charge < -0.3 is 10.6 Å². The van der Waals surface area contributed by atoms with E-state index in [1.807, 2.05) is 0 Å². The van der Waals surface area contributed by atoms with E-state index in [4.69, 9.17) is 11.6 Å². The maximum absolute atomic E-state index is 13.0. The van der Waals surface area contributed by atoms with Gasteiger partial charge in [-0.1, -0.05) is 17.7 Å². The average Bonchev–Trinajstić information content (AvgIpc) is 2.93. The van der Waals surface area contributed by atoms with E-state index < -0.39 is 5.92 Å². The number of hydrogen-bond donors (Lipinski definition) is 2. The highest BCUT2D eigenvalue weighted by Crippen LogP contribution is 2.39. The van der Waals surface area contributed by atoms with Gasteiger partial charge in [-0.3, -0.25) is 0 Å². The van der Waals surface area contributed by atoms with E-state index in [1.165, 1.54) is 0 Å². The van der Waals surface area contributed by atoms with Gasteiger partial charge in [0.2, 0.25) is 11.3 Å². The molecule has 2 heterocycles. The molecule has 24 heavy (non-hydrogen) atoms. The first-order valence-electron chi connectivity index (χ1n) is 7.16. The van der Waals surface area contributed by atoms with Gasteiger partial charge in [0.05, 0.1) is 0 Å². The summed E-state index contributed by atoms with van der Waals surface area (Å²) in [5.74, 6) is -2.00. The van der Waals surface area contributed by atoms with Crippen LogP contribution in [0.15, 0.2) is 28.9 Å². The fraction of sp³-hybridized carbons (Fsp3) is 0.286. The molecule has 0 aliphatic heterocycles. The molecule has 0 radical (unpaired) electrons. The Balaban J connectivity index is 1.65. The number of halogens is 3. The molecule has 124 valence electrons. The Kier molecular flexibility index (Phi) is 3.45. The zero-order valence-electron chi connectivity index (χ0n) is 12.1. The summed E-state index contributed by atoms with van der Waals surface area (Å²) in [6.07, 6.45) is -0.499. The van der Waals surface area contributed by atoms with Gasteiger partial charge in [-0.05, 0) is 28.5 Å². The van der Waals surface area contributed by atoms with E-state index in [-0.39, 0.29) is 30.2 Å². The molecule has 1 saturated carbocycles. The average molecular weight is 353 g/mol. The van der Waals surface area contributed by atoms with Crippen LogP contribution in [0.5, 0.6) is 0 Å². The Morgan fingerprint density at radius 2 is 1.83 bits per heavy atom. The lowest BCUT2D eigenvalue weighted by atomic mass is 9.88. The number of nitrogens with one attached hydrogen (secondary N) is 2. The summed E-state index contributed by atoms with van der Waals surface area (Å²) >= 11 is 5.96. The highest BCUT2D eigenvalue weighted by Gasteiger charge is 2.45. The number of anilines is 3. The molecule has 0 saturated heterocycles. The number of aromatic nitrogens is 4. The maximum atomic E-state index is 13.0. The van der Waals surface area contributed by atoms with Gasteiger partial charge in [-0.25, -0.2) is 23.4 Å². The van der Waals surface area contributed by atoms with Crippen LogP contribution in [-0.4, -0.2) is 32.2 Å². The first-order chi connectivity index (χ1) is 11.5. The van der Waals surface area contributed by atoms with Crippen molar-refractivity contribution in [2.45, 2.75) is 24.8 Å². The van der Waals surface area contributed by atoms with Crippen molar-refractivity contribution in [3.05, 3.63) is 29.3 Å². The quantitative estimate of drug-likeness (QED) is 0.741. The molecule has 0 spiro atoms. The molecule has 3 aromatic rings. The Hall–Kier alpha value is -2.55. The molecule has 1 aliphatic rings. The highest BCUT2D eigenvalue weighted by molar-refractivity contribution is 6.30. The van der Waals surface area contributed by atoms with E-state index in [1.54, 1.807) is 24.3 Å². The second kappa shape index (κ2) is 5.52. The zero-order chi connectivity index (χ0) is 16.7. The predicted molar refractivity (Wildman–Crippen MR) is 83.7 cm³/mol. The highest BCUT2D eigenvalue weighted by atomic mass is 35.5. The summed E-state index contributed by atoms with van der Waals surface area (Å²) in [4.78, 5) is 8.52. The number of fused-ring (bicyclic) bond motifs is 1. The number of alkyl halides is 2. The Bertz CT molecular complexity index is 894. The van der Waals surface area contributed by atoms with Gasteiger partial charge in [0.1, 0.15) is 0 Å². The SMILES string of the molecule is FC1(F)CC(Nc2nc3nonc3nc2Nc2cccc(Cl)c2)C1. The number of benzene rings is 1. The third-order valence-electron chi connectivity index (χ3n) is 3.63. The number of rotatable bonds is 4. The third-order valence-corrected chi connectivity index (χ3v) is 3.87. The normalized spacial score (nSPS) is 16.8. The first-order valence-corrected chi connectivity index (χ1v) is 7.54. The van der Waals surface area contributed by atoms with Crippen LogP contribution in [-0.2, 0) is 0 Å². The van der Waals surface area contributed by atoms with Crippen LogP contribution in [0.1, 0.15) is 12.8 Å². The molecule has 1 aliphatic carbocycles. The van der Waals surface area contributed by atoms with Crippen molar-refractivity contribution in [2.24, 2.45) is 0 Å². The molecule has 10 heteroatoms. The smallest absolute Gasteiger partial charge is 0.252 e. The van der Waals surface area contributed by atoms with E-state index in [2.05, 4.69) is 35.5 Å².